The van der Waals surface area contributed by atoms with Crippen molar-refractivity contribution in [3.05, 3.63) is 83.9 Å². The Hall–Kier alpha value is -3.50. The van der Waals surface area contributed by atoms with Gasteiger partial charge < -0.3 is 4.74 Å². The SMILES string of the molecule is Cc1cc2cccc3c2c(c1C)-c1c(nc2cc([Si](C)(C)c4ccccc4)ccc2[n+]1C)O3. The van der Waals surface area contributed by atoms with Crippen molar-refractivity contribution in [2.45, 2.75) is 26.9 Å². The summed E-state index contributed by atoms with van der Waals surface area (Å²) in [7, 11) is 0.303. The number of nitrogens with zero attached hydrogens (tertiary/aromatic N) is 2. The van der Waals surface area contributed by atoms with Gasteiger partial charge in [0.15, 0.2) is 0 Å². The average Bonchev–Trinajstić information content (AvgIpc) is 2.82. The molecule has 4 aromatic carbocycles. The fourth-order valence-corrected chi connectivity index (χ4v) is 7.58. The van der Waals surface area contributed by atoms with Crippen molar-refractivity contribution >= 4 is 40.3 Å². The highest BCUT2D eigenvalue weighted by atomic mass is 28.3. The van der Waals surface area contributed by atoms with Crippen molar-refractivity contribution in [1.29, 1.82) is 0 Å². The standard InChI is InChI=1S/C29H27N2OSi/c1-18-16-20-10-9-13-25-27(20)26(19(18)2)28-29(32-25)30-23-17-22(14-15-24(23)31(28)3)33(4,5)21-11-7-6-8-12-21/h6-17H,1-5H3/q+1. The molecule has 0 unspecified atom stereocenters. The lowest BCUT2D eigenvalue weighted by atomic mass is 9.91. The quantitative estimate of drug-likeness (QED) is 0.261. The van der Waals surface area contributed by atoms with Gasteiger partial charge in [0, 0.05) is 11.5 Å². The molecule has 0 radical (unpaired) electrons. The molecule has 162 valence electrons. The zero-order valence-corrected chi connectivity index (χ0v) is 20.7. The van der Waals surface area contributed by atoms with Crippen LogP contribution in [-0.2, 0) is 7.05 Å². The second-order valence-corrected chi connectivity index (χ2v) is 14.1. The van der Waals surface area contributed by atoms with Crippen LogP contribution in [-0.4, -0.2) is 13.1 Å². The summed E-state index contributed by atoms with van der Waals surface area (Å²) >= 11 is 0. The molecule has 5 aromatic rings. The Bertz CT molecular complexity index is 1590. The van der Waals surface area contributed by atoms with Gasteiger partial charge in [-0.3, -0.25) is 0 Å². The van der Waals surface area contributed by atoms with Gasteiger partial charge in [-0.25, -0.2) is 4.98 Å². The van der Waals surface area contributed by atoms with Crippen molar-refractivity contribution in [3.63, 3.8) is 0 Å². The molecule has 0 saturated carbocycles. The van der Waals surface area contributed by atoms with E-state index in [4.69, 9.17) is 9.72 Å². The molecule has 0 saturated heterocycles. The van der Waals surface area contributed by atoms with Gasteiger partial charge >= 0.3 is 0 Å². The molecule has 0 fully saturated rings. The average molecular weight is 448 g/mol. The van der Waals surface area contributed by atoms with Crippen molar-refractivity contribution in [1.82, 2.24) is 4.98 Å². The van der Waals surface area contributed by atoms with Gasteiger partial charge in [-0.05, 0) is 42.5 Å². The molecule has 1 aliphatic rings. The van der Waals surface area contributed by atoms with Gasteiger partial charge in [0.25, 0.3) is 11.6 Å². The lowest BCUT2D eigenvalue weighted by molar-refractivity contribution is -0.634. The van der Waals surface area contributed by atoms with E-state index < -0.39 is 8.07 Å². The highest BCUT2D eigenvalue weighted by molar-refractivity contribution is 7.00. The lowest BCUT2D eigenvalue weighted by Crippen LogP contribution is -2.52. The van der Waals surface area contributed by atoms with E-state index >= 15 is 0 Å². The Balaban J connectivity index is 1.62. The van der Waals surface area contributed by atoms with E-state index in [0.717, 1.165) is 22.5 Å². The summed E-state index contributed by atoms with van der Waals surface area (Å²) in [6, 6.07) is 26.2. The molecule has 6 rings (SSSR count). The number of hydrogen-bond acceptors (Lipinski definition) is 2. The molecular formula is C29H27N2OSi+. The second-order valence-electron chi connectivity index (χ2n) is 9.67. The molecule has 33 heavy (non-hydrogen) atoms. The number of hydrogen-bond donors (Lipinski definition) is 0. The van der Waals surface area contributed by atoms with E-state index in [1.807, 2.05) is 0 Å². The van der Waals surface area contributed by atoms with E-state index in [2.05, 4.69) is 111 Å². The molecular weight excluding hydrogens is 420 g/mol. The van der Waals surface area contributed by atoms with Crippen molar-refractivity contribution in [3.8, 4) is 22.9 Å². The third-order valence-corrected chi connectivity index (χ3v) is 10.9. The fourth-order valence-electron chi connectivity index (χ4n) is 5.23. The number of benzene rings is 4. The van der Waals surface area contributed by atoms with Gasteiger partial charge in [-0.15, -0.1) is 0 Å². The minimum absolute atomic E-state index is 0.690. The van der Waals surface area contributed by atoms with Crippen LogP contribution in [0.25, 0.3) is 33.1 Å². The molecule has 0 atom stereocenters. The maximum absolute atomic E-state index is 6.42. The number of ether oxygens (including phenoxy) is 1. The zero-order chi connectivity index (χ0) is 22.9. The van der Waals surface area contributed by atoms with E-state index in [1.165, 1.54) is 37.8 Å². The summed E-state index contributed by atoms with van der Waals surface area (Å²) in [5.41, 5.74) is 6.96. The predicted octanol–water partition coefficient (Wildman–Crippen LogP) is 5.42. The van der Waals surface area contributed by atoms with E-state index in [-0.39, 0.29) is 0 Å². The molecule has 2 heterocycles. The summed E-state index contributed by atoms with van der Waals surface area (Å²) in [4.78, 5) is 5.08. The number of fused-ring (bicyclic) bond motifs is 3. The van der Waals surface area contributed by atoms with Gasteiger partial charge in [0.05, 0.1) is 5.56 Å². The fraction of sp³-hybridized carbons (Fsp3) is 0.172. The van der Waals surface area contributed by atoms with Crippen LogP contribution in [0.5, 0.6) is 11.6 Å². The molecule has 4 heteroatoms. The highest BCUT2D eigenvalue weighted by Crippen LogP contribution is 2.46. The van der Waals surface area contributed by atoms with Crippen LogP contribution in [0.2, 0.25) is 13.1 Å². The van der Waals surface area contributed by atoms with Crippen LogP contribution < -0.4 is 19.7 Å². The van der Waals surface area contributed by atoms with Crippen molar-refractivity contribution < 1.29 is 9.30 Å². The molecule has 0 N–H and O–H groups in total. The normalized spacial score (nSPS) is 12.6. The van der Waals surface area contributed by atoms with Gasteiger partial charge in [0.2, 0.25) is 5.52 Å². The second kappa shape index (κ2) is 7.00. The Morgan fingerprint density at radius 1 is 0.848 bits per heavy atom. The largest absolute Gasteiger partial charge is 0.433 e. The number of aryl methyl sites for hydroxylation is 2. The van der Waals surface area contributed by atoms with Gasteiger partial charge in [-0.1, -0.05) is 78.1 Å². The Labute approximate surface area is 195 Å². The first-order valence-electron chi connectivity index (χ1n) is 11.5. The Morgan fingerprint density at radius 2 is 1.64 bits per heavy atom. The van der Waals surface area contributed by atoms with Gasteiger partial charge in [0.1, 0.15) is 26.4 Å². The van der Waals surface area contributed by atoms with Crippen LogP contribution in [0.1, 0.15) is 11.1 Å². The highest BCUT2D eigenvalue weighted by Gasteiger charge is 2.33. The van der Waals surface area contributed by atoms with Crippen LogP contribution in [0.15, 0.2) is 72.8 Å². The predicted molar refractivity (Wildman–Crippen MR) is 139 cm³/mol. The lowest BCUT2D eigenvalue weighted by Gasteiger charge is -2.24. The summed E-state index contributed by atoms with van der Waals surface area (Å²) in [6.45, 7) is 9.20. The minimum atomic E-state index is -1.83. The first-order valence-corrected chi connectivity index (χ1v) is 14.5. The monoisotopic (exact) mass is 447 g/mol. The minimum Gasteiger partial charge on any atom is -0.433 e. The van der Waals surface area contributed by atoms with Crippen LogP contribution in [0.4, 0.5) is 0 Å². The number of rotatable bonds is 2. The molecule has 1 aliphatic heterocycles. The summed E-state index contributed by atoms with van der Waals surface area (Å²) in [6.07, 6.45) is 0. The first-order chi connectivity index (χ1) is 15.9. The van der Waals surface area contributed by atoms with Crippen LogP contribution >= 0.6 is 0 Å². The zero-order valence-electron chi connectivity index (χ0n) is 19.7. The third kappa shape index (κ3) is 2.87. The maximum atomic E-state index is 6.42. The van der Waals surface area contributed by atoms with E-state index in [1.54, 1.807) is 0 Å². The summed E-state index contributed by atoms with van der Waals surface area (Å²) < 4.78 is 8.68. The molecule has 3 nitrogen and oxygen atoms in total. The maximum Gasteiger partial charge on any atom is 0.294 e. The number of aromatic nitrogens is 2. The molecule has 0 amide bonds. The Morgan fingerprint density at radius 3 is 2.42 bits per heavy atom. The van der Waals surface area contributed by atoms with E-state index in [9.17, 15) is 0 Å². The summed E-state index contributed by atoms with van der Waals surface area (Å²) in [5, 5.41) is 5.19. The summed E-state index contributed by atoms with van der Waals surface area (Å²) in [5.74, 6) is 1.58. The van der Waals surface area contributed by atoms with Crippen molar-refractivity contribution in [2.75, 3.05) is 0 Å². The topological polar surface area (TPSA) is 26.0 Å². The Kier molecular flexibility index (Phi) is 4.27. The van der Waals surface area contributed by atoms with Crippen LogP contribution in [0.3, 0.4) is 0 Å². The molecule has 1 aromatic heterocycles. The third-order valence-electron chi connectivity index (χ3n) is 7.40. The smallest absolute Gasteiger partial charge is 0.294 e. The first kappa shape index (κ1) is 20.1. The molecule has 0 aliphatic carbocycles. The van der Waals surface area contributed by atoms with Crippen LogP contribution in [0, 0.1) is 13.8 Å². The molecule has 0 spiro atoms. The van der Waals surface area contributed by atoms with Gasteiger partial charge in [-0.2, -0.15) is 4.57 Å². The van der Waals surface area contributed by atoms with E-state index in [0.29, 0.717) is 5.88 Å². The molecule has 0 bridgehead atoms. The van der Waals surface area contributed by atoms with Crippen molar-refractivity contribution in [2.24, 2.45) is 7.05 Å².